The molecule has 116 valence electrons. The number of aliphatic carboxylic acids is 1. The standard InChI is InChI=1S/C14H17F2NO4/c1-3-4-5-10(14(19)20)17-13(18)11-8(15)6-7-9(16)12(11)21-2/h6-7,10H,3-5H2,1-2H3,(H,17,18)(H,19,20). The minimum Gasteiger partial charge on any atom is -0.493 e. The van der Waals surface area contributed by atoms with Gasteiger partial charge in [-0.05, 0) is 18.6 Å². The number of hydrogen-bond acceptors (Lipinski definition) is 3. The third-order valence-corrected chi connectivity index (χ3v) is 2.94. The number of unbranched alkanes of at least 4 members (excludes halogenated alkanes) is 1. The Morgan fingerprint density at radius 1 is 1.33 bits per heavy atom. The van der Waals surface area contributed by atoms with Gasteiger partial charge < -0.3 is 15.2 Å². The number of halogens is 2. The molecular weight excluding hydrogens is 284 g/mol. The zero-order valence-electron chi connectivity index (χ0n) is 11.8. The van der Waals surface area contributed by atoms with Crippen molar-refractivity contribution in [3.8, 4) is 5.75 Å². The van der Waals surface area contributed by atoms with Crippen LogP contribution in [-0.2, 0) is 4.79 Å². The summed E-state index contributed by atoms with van der Waals surface area (Å²) in [6, 6.07) is 0.454. The largest absolute Gasteiger partial charge is 0.493 e. The number of carboxylic acids is 1. The molecule has 1 atom stereocenters. The van der Waals surface area contributed by atoms with Crippen LogP contribution in [0, 0.1) is 11.6 Å². The third-order valence-electron chi connectivity index (χ3n) is 2.94. The lowest BCUT2D eigenvalue weighted by molar-refractivity contribution is -0.139. The summed E-state index contributed by atoms with van der Waals surface area (Å²) >= 11 is 0. The summed E-state index contributed by atoms with van der Waals surface area (Å²) in [5, 5.41) is 11.2. The lowest BCUT2D eigenvalue weighted by Gasteiger charge is -2.16. The Bertz CT molecular complexity index is 534. The zero-order valence-corrected chi connectivity index (χ0v) is 11.8. The fourth-order valence-corrected chi connectivity index (χ4v) is 1.84. The molecule has 2 N–H and O–H groups in total. The first kappa shape index (κ1) is 16.9. The molecule has 0 bridgehead atoms. The molecule has 1 aromatic carbocycles. The van der Waals surface area contributed by atoms with Gasteiger partial charge in [-0.3, -0.25) is 4.79 Å². The number of rotatable bonds is 7. The summed E-state index contributed by atoms with van der Waals surface area (Å²) in [6.45, 7) is 1.87. The van der Waals surface area contributed by atoms with Gasteiger partial charge in [0.1, 0.15) is 17.4 Å². The van der Waals surface area contributed by atoms with Crippen LogP contribution in [0.5, 0.6) is 5.75 Å². The molecule has 1 unspecified atom stereocenters. The molecule has 0 aromatic heterocycles. The van der Waals surface area contributed by atoms with E-state index in [1.807, 2.05) is 6.92 Å². The first-order chi connectivity index (χ1) is 9.92. The van der Waals surface area contributed by atoms with E-state index in [0.717, 1.165) is 25.7 Å². The van der Waals surface area contributed by atoms with Crippen molar-refractivity contribution in [2.24, 2.45) is 0 Å². The molecule has 0 spiro atoms. The first-order valence-corrected chi connectivity index (χ1v) is 6.48. The Morgan fingerprint density at radius 2 is 1.95 bits per heavy atom. The molecule has 21 heavy (non-hydrogen) atoms. The minimum absolute atomic E-state index is 0.205. The maximum Gasteiger partial charge on any atom is 0.326 e. The van der Waals surface area contributed by atoms with Gasteiger partial charge in [0, 0.05) is 0 Å². The third kappa shape index (κ3) is 4.14. The lowest BCUT2D eigenvalue weighted by atomic mass is 10.1. The Kier molecular flexibility index (Phi) is 6.08. The highest BCUT2D eigenvalue weighted by atomic mass is 19.1. The second-order valence-electron chi connectivity index (χ2n) is 4.44. The van der Waals surface area contributed by atoms with Crippen LogP contribution in [0.2, 0.25) is 0 Å². The molecule has 1 aromatic rings. The van der Waals surface area contributed by atoms with E-state index in [1.54, 1.807) is 0 Å². The maximum atomic E-state index is 13.7. The molecule has 0 radical (unpaired) electrons. The number of carbonyl (C=O) groups excluding carboxylic acids is 1. The molecule has 1 amide bonds. The number of nitrogens with one attached hydrogen (secondary N) is 1. The zero-order chi connectivity index (χ0) is 16.0. The van der Waals surface area contributed by atoms with Crippen LogP contribution >= 0.6 is 0 Å². The molecule has 0 saturated carbocycles. The highest BCUT2D eigenvalue weighted by Gasteiger charge is 2.26. The Labute approximate surface area is 120 Å². The van der Waals surface area contributed by atoms with E-state index in [2.05, 4.69) is 10.1 Å². The van der Waals surface area contributed by atoms with Crippen molar-refractivity contribution in [2.45, 2.75) is 32.2 Å². The molecule has 0 aliphatic carbocycles. The smallest absolute Gasteiger partial charge is 0.326 e. The van der Waals surface area contributed by atoms with Crippen LogP contribution in [0.4, 0.5) is 8.78 Å². The van der Waals surface area contributed by atoms with Crippen LogP contribution in [0.15, 0.2) is 12.1 Å². The quantitative estimate of drug-likeness (QED) is 0.810. The summed E-state index contributed by atoms with van der Waals surface area (Å²) in [7, 11) is 1.10. The summed E-state index contributed by atoms with van der Waals surface area (Å²) in [5.41, 5.74) is -0.639. The number of hydrogen-bond donors (Lipinski definition) is 2. The van der Waals surface area contributed by atoms with E-state index in [4.69, 9.17) is 5.11 Å². The SMILES string of the molecule is CCCCC(NC(=O)c1c(F)ccc(F)c1OC)C(=O)O. The molecule has 1 rings (SSSR count). The highest BCUT2D eigenvalue weighted by Crippen LogP contribution is 2.25. The van der Waals surface area contributed by atoms with Gasteiger partial charge >= 0.3 is 5.97 Å². The van der Waals surface area contributed by atoms with E-state index in [1.165, 1.54) is 0 Å². The highest BCUT2D eigenvalue weighted by molar-refractivity contribution is 5.99. The van der Waals surface area contributed by atoms with Crippen molar-refractivity contribution in [2.75, 3.05) is 7.11 Å². The summed E-state index contributed by atoms with van der Waals surface area (Å²) in [6.07, 6.45) is 1.54. The average Bonchev–Trinajstić information content (AvgIpc) is 2.44. The normalized spacial score (nSPS) is 11.8. The predicted octanol–water partition coefficient (Wildman–Crippen LogP) is 2.35. The fraction of sp³-hybridized carbons (Fsp3) is 0.429. The fourth-order valence-electron chi connectivity index (χ4n) is 1.84. The molecule has 0 heterocycles. The van der Waals surface area contributed by atoms with E-state index in [-0.39, 0.29) is 6.42 Å². The molecule has 0 aliphatic heterocycles. The van der Waals surface area contributed by atoms with E-state index in [9.17, 15) is 18.4 Å². The summed E-state index contributed by atoms with van der Waals surface area (Å²) in [4.78, 5) is 23.1. The minimum atomic E-state index is -1.23. The van der Waals surface area contributed by atoms with Gasteiger partial charge in [-0.15, -0.1) is 0 Å². The lowest BCUT2D eigenvalue weighted by Crippen LogP contribution is -2.41. The van der Waals surface area contributed by atoms with Crippen LogP contribution < -0.4 is 10.1 Å². The molecule has 7 heteroatoms. The summed E-state index contributed by atoms with van der Waals surface area (Å²) < 4.78 is 31.9. The second-order valence-corrected chi connectivity index (χ2v) is 4.44. The monoisotopic (exact) mass is 301 g/mol. The molecule has 0 fully saturated rings. The van der Waals surface area contributed by atoms with Crippen LogP contribution in [0.3, 0.4) is 0 Å². The number of ether oxygens (including phenoxy) is 1. The Hall–Kier alpha value is -2.18. The van der Waals surface area contributed by atoms with Crippen molar-refractivity contribution in [1.29, 1.82) is 0 Å². The Balaban J connectivity index is 3.02. The van der Waals surface area contributed by atoms with E-state index >= 15 is 0 Å². The van der Waals surface area contributed by atoms with Crippen molar-refractivity contribution in [3.05, 3.63) is 29.3 Å². The second kappa shape index (κ2) is 7.56. The van der Waals surface area contributed by atoms with Crippen molar-refractivity contribution >= 4 is 11.9 Å². The van der Waals surface area contributed by atoms with Gasteiger partial charge in [0.2, 0.25) is 0 Å². The molecule has 0 saturated heterocycles. The number of carboxylic acid groups (broad SMARTS) is 1. The van der Waals surface area contributed by atoms with E-state index in [0.29, 0.717) is 6.42 Å². The average molecular weight is 301 g/mol. The maximum absolute atomic E-state index is 13.7. The molecule has 5 nitrogen and oxygen atoms in total. The van der Waals surface area contributed by atoms with Gasteiger partial charge in [-0.1, -0.05) is 19.8 Å². The van der Waals surface area contributed by atoms with Crippen molar-refractivity contribution in [3.63, 3.8) is 0 Å². The van der Waals surface area contributed by atoms with Crippen LogP contribution in [0.25, 0.3) is 0 Å². The molecular formula is C14H17F2NO4. The van der Waals surface area contributed by atoms with Gasteiger partial charge in [0.05, 0.1) is 7.11 Å². The number of carbonyl (C=O) groups is 2. The topological polar surface area (TPSA) is 75.6 Å². The van der Waals surface area contributed by atoms with Gasteiger partial charge in [0.15, 0.2) is 11.6 Å². The number of amides is 1. The predicted molar refractivity (Wildman–Crippen MR) is 71.3 cm³/mol. The van der Waals surface area contributed by atoms with E-state index < -0.39 is 40.9 Å². The number of benzene rings is 1. The van der Waals surface area contributed by atoms with Gasteiger partial charge in [0.25, 0.3) is 5.91 Å². The summed E-state index contributed by atoms with van der Waals surface area (Å²) in [5.74, 6) is -4.68. The van der Waals surface area contributed by atoms with Crippen LogP contribution in [-0.4, -0.2) is 30.1 Å². The van der Waals surface area contributed by atoms with Crippen molar-refractivity contribution in [1.82, 2.24) is 5.32 Å². The number of methoxy groups -OCH3 is 1. The first-order valence-electron chi connectivity index (χ1n) is 6.48. The van der Waals surface area contributed by atoms with Gasteiger partial charge in [-0.2, -0.15) is 0 Å². The van der Waals surface area contributed by atoms with Gasteiger partial charge in [-0.25, -0.2) is 13.6 Å². The van der Waals surface area contributed by atoms with Crippen LogP contribution in [0.1, 0.15) is 36.5 Å². The van der Waals surface area contributed by atoms with Crippen molar-refractivity contribution < 1.29 is 28.2 Å². The molecule has 0 aliphatic rings. The Morgan fingerprint density at radius 3 is 2.48 bits per heavy atom.